The van der Waals surface area contributed by atoms with Crippen molar-refractivity contribution in [3.63, 3.8) is 0 Å². The van der Waals surface area contributed by atoms with Gasteiger partial charge in [-0.25, -0.2) is 5.43 Å². The van der Waals surface area contributed by atoms with E-state index in [-0.39, 0.29) is 12.5 Å². The third kappa shape index (κ3) is 5.58. The number of hydrogen-bond donors (Lipinski definition) is 1. The fraction of sp³-hybridized carbons (Fsp3) is 0.125. The molecule has 120 valence electrons. The molecule has 5 nitrogen and oxygen atoms in total. The van der Waals surface area contributed by atoms with E-state index >= 15 is 0 Å². The van der Waals surface area contributed by atoms with Crippen LogP contribution < -0.4 is 14.9 Å². The van der Waals surface area contributed by atoms with Gasteiger partial charge in [-0.05, 0) is 51.8 Å². The van der Waals surface area contributed by atoms with Gasteiger partial charge >= 0.3 is 0 Å². The normalized spacial score (nSPS) is 10.6. The van der Waals surface area contributed by atoms with E-state index in [0.717, 1.165) is 11.3 Å². The van der Waals surface area contributed by atoms with Gasteiger partial charge in [-0.15, -0.1) is 0 Å². The van der Waals surface area contributed by atoms with E-state index in [4.69, 9.17) is 21.1 Å². The predicted molar refractivity (Wildman–Crippen MR) is 93.4 cm³/mol. The molecule has 2 aromatic carbocycles. The number of amides is 1. The molecule has 1 amide bonds. The number of nitrogens with zero attached hydrogens (tertiary/aromatic N) is 1. The topological polar surface area (TPSA) is 59.9 Å². The van der Waals surface area contributed by atoms with Crippen LogP contribution >= 0.6 is 27.5 Å². The second kappa shape index (κ2) is 8.55. The minimum Gasteiger partial charge on any atom is -0.497 e. The maximum atomic E-state index is 11.7. The van der Waals surface area contributed by atoms with E-state index < -0.39 is 0 Å². The highest BCUT2D eigenvalue weighted by atomic mass is 79.9. The standard InChI is InChI=1S/C16H14BrClN2O3/c1-22-13-4-2-3-11(7-13)9-19-20-16(21)10-23-15-6-5-12(18)8-14(15)17/h2-9H,10H2,1H3,(H,20,21)/b19-9+. The summed E-state index contributed by atoms with van der Waals surface area (Å²) in [5.41, 5.74) is 3.20. The minimum absolute atomic E-state index is 0.157. The number of benzene rings is 2. The molecule has 0 saturated carbocycles. The van der Waals surface area contributed by atoms with E-state index in [1.54, 1.807) is 31.4 Å². The highest BCUT2D eigenvalue weighted by Gasteiger charge is 2.05. The van der Waals surface area contributed by atoms with Crippen LogP contribution in [0.5, 0.6) is 11.5 Å². The van der Waals surface area contributed by atoms with Gasteiger partial charge in [0.05, 0.1) is 17.8 Å². The number of nitrogens with one attached hydrogen (secondary N) is 1. The van der Waals surface area contributed by atoms with Crippen molar-refractivity contribution in [2.75, 3.05) is 13.7 Å². The Bertz CT molecular complexity index is 722. The summed E-state index contributed by atoms with van der Waals surface area (Å²) in [6.07, 6.45) is 1.53. The Hall–Kier alpha value is -2.05. The van der Waals surface area contributed by atoms with Crippen LogP contribution in [0.3, 0.4) is 0 Å². The number of carbonyl (C=O) groups is 1. The first-order chi connectivity index (χ1) is 11.1. The van der Waals surface area contributed by atoms with Gasteiger partial charge in [-0.2, -0.15) is 5.10 Å². The summed E-state index contributed by atoms with van der Waals surface area (Å²) >= 11 is 9.15. The van der Waals surface area contributed by atoms with Crippen LogP contribution in [-0.2, 0) is 4.79 Å². The fourth-order valence-electron chi connectivity index (χ4n) is 1.67. The van der Waals surface area contributed by atoms with Gasteiger partial charge < -0.3 is 9.47 Å². The zero-order valence-corrected chi connectivity index (χ0v) is 14.6. The van der Waals surface area contributed by atoms with Crippen LogP contribution in [0.2, 0.25) is 5.02 Å². The average Bonchev–Trinajstić information content (AvgIpc) is 2.54. The van der Waals surface area contributed by atoms with E-state index in [0.29, 0.717) is 15.2 Å². The number of halogens is 2. The molecule has 0 saturated heterocycles. The van der Waals surface area contributed by atoms with Crippen molar-refractivity contribution < 1.29 is 14.3 Å². The van der Waals surface area contributed by atoms with Gasteiger partial charge in [0, 0.05) is 5.02 Å². The molecule has 0 heterocycles. The highest BCUT2D eigenvalue weighted by molar-refractivity contribution is 9.10. The van der Waals surface area contributed by atoms with Crippen molar-refractivity contribution in [3.8, 4) is 11.5 Å². The van der Waals surface area contributed by atoms with Gasteiger partial charge in [-0.3, -0.25) is 4.79 Å². The third-order valence-electron chi connectivity index (χ3n) is 2.75. The van der Waals surface area contributed by atoms with Crippen molar-refractivity contribution in [1.29, 1.82) is 0 Å². The SMILES string of the molecule is COc1cccc(/C=N/NC(=O)COc2ccc(Cl)cc2Br)c1. The lowest BCUT2D eigenvalue weighted by atomic mass is 10.2. The molecule has 2 rings (SSSR count). The molecule has 0 aromatic heterocycles. The monoisotopic (exact) mass is 396 g/mol. The predicted octanol–water partition coefficient (Wildman–Crippen LogP) is 3.64. The molecular weight excluding hydrogens is 384 g/mol. The lowest BCUT2D eigenvalue weighted by Crippen LogP contribution is -2.24. The first kappa shape index (κ1) is 17.3. The number of methoxy groups -OCH3 is 1. The van der Waals surface area contributed by atoms with Crippen molar-refractivity contribution >= 4 is 39.7 Å². The summed E-state index contributed by atoms with van der Waals surface area (Å²) in [5, 5.41) is 4.45. The third-order valence-corrected chi connectivity index (χ3v) is 3.60. The lowest BCUT2D eigenvalue weighted by molar-refractivity contribution is -0.123. The minimum atomic E-state index is -0.369. The summed E-state index contributed by atoms with van der Waals surface area (Å²) < 4.78 is 11.2. The molecule has 0 spiro atoms. The van der Waals surface area contributed by atoms with E-state index in [9.17, 15) is 4.79 Å². The second-order valence-electron chi connectivity index (χ2n) is 4.43. The number of carbonyl (C=O) groups excluding carboxylic acids is 1. The van der Waals surface area contributed by atoms with E-state index in [1.807, 2.05) is 18.2 Å². The quantitative estimate of drug-likeness (QED) is 0.598. The highest BCUT2D eigenvalue weighted by Crippen LogP contribution is 2.27. The Kier molecular flexibility index (Phi) is 6.43. The Morgan fingerprint density at radius 2 is 2.17 bits per heavy atom. The maximum absolute atomic E-state index is 11.7. The largest absolute Gasteiger partial charge is 0.497 e. The molecule has 0 atom stereocenters. The zero-order chi connectivity index (χ0) is 16.7. The molecule has 0 aliphatic carbocycles. The molecule has 0 unspecified atom stereocenters. The van der Waals surface area contributed by atoms with E-state index in [1.165, 1.54) is 6.21 Å². The summed E-state index contributed by atoms with van der Waals surface area (Å²) in [4.78, 5) is 11.7. The number of hydrogen-bond acceptors (Lipinski definition) is 4. The Labute approximate surface area is 147 Å². The van der Waals surface area contributed by atoms with Crippen LogP contribution in [0.25, 0.3) is 0 Å². The van der Waals surface area contributed by atoms with E-state index in [2.05, 4.69) is 26.5 Å². The second-order valence-corrected chi connectivity index (χ2v) is 5.72. The molecule has 7 heteroatoms. The molecule has 0 bridgehead atoms. The maximum Gasteiger partial charge on any atom is 0.277 e. The molecule has 2 aromatic rings. The van der Waals surface area contributed by atoms with Gasteiger partial charge in [0.1, 0.15) is 11.5 Å². The van der Waals surface area contributed by atoms with Crippen LogP contribution in [-0.4, -0.2) is 25.8 Å². The molecule has 0 fully saturated rings. The van der Waals surface area contributed by atoms with Gasteiger partial charge in [-0.1, -0.05) is 23.7 Å². The molecule has 1 N–H and O–H groups in total. The zero-order valence-electron chi connectivity index (χ0n) is 12.3. The molecule has 0 aliphatic heterocycles. The summed E-state index contributed by atoms with van der Waals surface area (Å²) in [6, 6.07) is 12.4. The van der Waals surface area contributed by atoms with Gasteiger partial charge in [0.25, 0.3) is 5.91 Å². The number of ether oxygens (including phenoxy) is 2. The Balaban J connectivity index is 1.83. The van der Waals surface area contributed by atoms with Crippen molar-refractivity contribution in [1.82, 2.24) is 5.43 Å². The molecule has 0 aliphatic rings. The van der Waals surface area contributed by atoms with Crippen LogP contribution in [0.15, 0.2) is 52.0 Å². The van der Waals surface area contributed by atoms with Crippen LogP contribution in [0, 0.1) is 0 Å². The number of hydrazone groups is 1. The Morgan fingerprint density at radius 3 is 2.91 bits per heavy atom. The molecule has 23 heavy (non-hydrogen) atoms. The fourth-order valence-corrected chi connectivity index (χ4v) is 2.47. The number of rotatable bonds is 6. The summed E-state index contributed by atoms with van der Waals surface area (Å²) in [6.45, 7) is -0.157. The molecule has 0 radical (unpaired) electrons. The van der Waals surface area contributed by atoms with Crippen LogP contribution in [0.1, 0.15) is 5.56 Å². The van der Waals surface area contributed by atoms with Crippen molar-refractivity contribution in [2.45, 2.75) is 0 Å². The smallest absolute Gasteiger partial charge is 0.277 e. The van der Waals surface area contributed by atoms with Gasteiger partial charge in [0.2, 0.25) is 0 Å². The van der Waals surface area contributed by atoms with Crippen LogP contribution in [0.4, 0.5) is 0 Å². The van der Waals surface area contributed by atoms with Gasteiger partial charge in [0.15, 0.2) is 6.61 Å². The average molecular weight is 398 g/mol. The first-order valence-corrected chi connectivity index (χ1v) is 7.79. The Morgan fingerprint density at radius 1 is 1.35 bits per heavy atom. The van der Waals surface area contributed by atoms with Crippen molar-refractivity contribution in [2.24, 2.45) is 5.10 Å². The molecular formula is C16H14BrClN2O3. The summed E-state index contributed by atoms with van der Waals surface area (Å²) in [7, 11) is 1.59. The lowest BCUT2D eigenvalue weighted by Gasteiger charge is -2.07. The summed E-state index contributed by atoms with van der Waals surface area (Å²) in [5.74, 6) is 0.878. The van der Waals surface area contributed by atoms with Crippen molar-refractivity contribution in [3.05, 3.63) is 57.5 Å². The first-order valence-electron chi connectivity index (χ1n) is 6.62.